The van der Waals surface area contributed by atoms with Crippen LogP contribution in [0.25, 0.3) is 22.8 Å². The van der Waals surface area contributed by atoms with E-state index >= 15 is 0 Å². The van der Waals surface area contributed by atoms with E-state index in [0.29, 0.717) is 75.9 Å². The van der Waals surface area contributed by atoms with Crippen molar-refractivity contribution in [3.8, 4) is 63.9 Å². The summed E-state index contributed by atoms with van der Waals surface area (Å²) in [6.07, 6.45) is 13.1. The maximum absolute atomic E-state index is 14.4. The molecule has 0 saturated carbocycles. The zero-order valence-corrected chi connectivity index (χ0v) is 48.9. The molecule has 0 unspecified atom stereocenters. The number of nitriles is 2. The molecule has 0 atom stereocenters. The smallest absolute Gasteiger partial charge is 0.410 e. The maximum Gasteiger partial charge on any atom is 0.410 e. The molecule has 0 aliphatic carbocycles. The number of nitrogens with two attached hydrogens (primary N) is 1. The number of carbonyl (C=O) groups is 2. The van der Waals surface area contributed by atoms with Crippen molar-refractivity contribution in [1.82, 2.24) is 45.9 Å². The van der Waals surface area contributed by atoms with Crippen LogP contribution in [0.5, 0.6) is 28.7 Å². The third-order valence-corrected chi connectivity index (χ3v) is 12.1. The molecule has 0 aliphatic rings. The van der Waals surface area contributed by atoms with Gasteiger partial charge in [-0.05, 0) is 104 Å². The van der Waals surface area contributed by atoms with Crippen molar-refractivity contribution in [3.05, 3.63) is 210 Å². The van der Waals surface area contributed by atoms with Gasteiger partial charge in [-0.25, -0.2) is 39.0 Å². The standard InChI is InChI=1S/C28H24ClFN8O3.C20H20ClFN6O2.C14H10N2O2/c1-40-24-16-35-25(20-14-18(29)8-9-22(20)30)38-26(24)37-23-10-13-32-15-21(23)27(39)33-11-5-12-34-28(36-17-31)41-19-6-3-2-4-7-19;1-30-17-11-26-18(13-9-12(21)3-4-15(13)22)28-19(17)27-16-5-8-24-10-14(16)20(29)25-7-2-6-23;15-11-16-14(17-12-7-3-1-4-8-12)18-13-9-5-2-6-10-13/h2-4,6-10,13-16H,5,11-12H2,1H3,(H,33,39)(H,34,36)(H,32,35,37,38);3-5,8-11H,2,6-7,23H2,1H3,(H,25,29)(H,24,26,27,28);1-10H. The number of pyridine rings is 2. The van der Waals surface area contributed by atoms with E-state index in [2.05, 4.69) is 66.5 Å². The molecule has 5 aromatic carbocycles. The summed E-state index contributed by atoms with van der Waals surface area (Å²) in [5, 5.41) is 32.3. The molecule has 4 aromatic heterocycles. The number of aliphatic imine (C=N–C) groups is 2. The van der Waals surface area contributed by atoms with E-state index in [4.69, 9.17) is 63.1 Å². The number of hydrogen-bond donors (Lipinski definition) is 6. The SMILES string of the molecule is COc1cnc(-c2cc(Cl)ccc2F)nc1Nc1ccncc1C(=O)NCCCN.COc1cnc(-c2cc(Cl)ccc2F)nc1Nc1ccncc1C(=O)NCCCN=C(NC#N)Oc1ccccc1.N#CN=C(Oc1ccccc1)Oc1ccccc1. The average molecular weight is 1240 g/mol. The van der Waals surface area contributed by atoms with Crippen molar-refractivity contribution in [3.63, 3.8) is 0 Å². The van der Waals surface area contributed by atoms with Gasteiger partial charge in [-0.3, -0.25) is 19.6 Å². The summed E-state index contributed by atoms with van der Waals surface area (Å²) in [6, 6.07) is 38.4. The molecule has 23 nitrogen and oxygen atoms in total. The first-order valence-corrected chi connectivity index (χ1v) is 27.4. The minimum absolute atomic E-state index is 0.0552. The summed E-state index contributed by atoms with van der Waals surface area (Å²) in [5.41, 5.74) is 7.11. The van der Waals surface area contributed by atoms with Crippen LogP contribution in [0.15, 0.2) is 187 Å². The summed E-state index contributed by atoms with van der Waals surface area (Å²) < 4.78 is 55.6. The predicted octanol–water partition coefficient (Wildman–Crippen LogP) is 10.9. The Balaban J connectivity index is 0.000000205. The second-order valence-corrected chi connectivity index (χ2v) is 18.6. The summed E-state index contributed by atoms with van der Waals surface area (Å²) in [6.45, 7) is 1.49. The number of nitrogens with zero attached hydrogens (tertiary/aromatic N) is 10. The molecular weight excluding hydrogens is 1190 g/mol. The number of benzene rings is 5. The topological polar surface area (TPSA) is 316 Å². The van der Waals surface area contributed by atoms with Crippen LogP contribution >= 0.6 is 23.2 Å². The number of carbonyl (C=O) groups excluding carboxylic acids is 2. The third-order valence-electron chi connectivity index (χ3n) is 11.6. The quantitative estimate of drug-likeness (QED) is 0.0136. The van der Waals surface area contributed by atoms with Crippen molar-refractivity contribution in [2.75, 3.05) is 51.0 Å². The molecule has 2 amide bonds. The average Bonchev–Trinajstić information content (AvgIpc) is 3.27. The molecule has 89 heavy (non-hydrogen) atoms. The fraction of sp³-hybridized carbons (Fsp3) is 0.129. The summed E-state index contributed by atoms with van der Waals surface area (Å²) in [5.74, 6) is 1.13. The molecule has 9 aromatic rings. The number of methoxy groups -OCH3 is 2. The van der Waals surface area contributed by atoms with Crippen molar-refractivity contribution in [2.45, 2.75) is 12.8 Å². The van der Waals surface area contributed by atoms with E-state index < -0.39 is 17.5 Å². The van der Waals surface area contributed by atoms with Crippen LogP contribution < -0.4 is 56.0 Å². The number of ether oxygens (including phenoxy) is 5. The van der Waals surface area contributed by atoms with E-state index in [1.54, 1.807) is 73.0 Å². The van der Waals surface area contributed by atoms with Crippen LogP contribution in [0.1, 0.15) is 33.6 Å². The Kier molecular flexibility index (Phi) is 25.3. The Morgan fingerprint density at radius 3 is 1.48 bits per heavy atom. The number of para-hydroxylation sites is 3. The maximum atomic E-state index is 14.4. The van der Waals surface area contributed by atoms with Gasteiger partial charge in [0.1, 0.15) is 28.9 Å². The Morgan fingerprint density at radius 2 is 1.06 bits per heavy atom. The molecule has 0 radical (unpaired) electrons. The van der Waals surface area contributed by atoms with Crippen LogP contribution in [-0.4, -0.2) is 94.2 Å². The van der Waals surface area contributed by atoms with E-state index in [9.17, 15) is 18.4 Å². The lowest BCUT2D eigenvalue weighted by Gasteiger charge is -2.14. The molecule has 0 spiro atoms. The highest BCUT2D eigenvalue weighted by atomic mass is 35.5. The Bertz CT molecular complexity index is 3920. The lowest BCUT2D eigenvalue weighted by molar-refractivity contribution is 0.0945. The zero-order valence-electron chi connectivity index (χ0n) is 47.4. The molecule has 4 heterocycles. The van der Waals surface area contributed by atoms with Gasteiger partial charge in [0.05, 0.1) is 60.2 Å². The van der Waals surface area contributed by atoms with Gasteiger partial charge in [-0.15, -0.1) is 0 Å². The molecule has 452 valence electrons. The van der Waals surface area contributed by atoms with Crippen LogP contribution in [0.3, 0.4) is 0 Å². The monoisotopic (exact) mass is 1240 g/mol. The molecule has 0 aliphatic heterocycles. The van der Waals surface area contributed by atoms with E-state index in [0.717, 1.165) is 0 Å². The van der Waals surface area contributed by atoms with Crippen molar-refractivity contribution >= 4 is 70.1 Å². The van der Waals surface area contributed by atoms with Crippen molar-refractivity contribution in [2.24, 2.45) is 15.7 Å². The first kappa shape index (κ1) is 65.2. The van der Waals surface area contributed by atoms with Crippen LogP contribution in [0, 0.1) is 34.5 Å². The van der Waals surface area contributed by atoms with Crippen molar-refractivity contribution in [1.29, 1.82) is 10.5 Å². The number of hydrogen-bond acceptors (Lipinski definition) is 20. The lowest BCUT2D eigenvalue weighted by atomic mass is 10.2. The largest absolute Gasteiger partial charge is 0.491 e. The minimum atomic E-state index is -0.541. The van der Waals surface area contributed by atoms with Crippen LogP contribution in [-0.2, 0) is 0 Å². The van der Waals surface area contributed by atoms with Gasteiger partial charge < -0.3 is 50.7 Å². The highest BCUT2D eigenvalue weighted by Gasteiger charge is 2.20. The Morgan fingerprint density at radius 1 is 0.607 bits per heavy atom. The summed E-state index contributed by atoms with van der Waals surface area (Å²) in [7, 11) is 2.89. The lowest BCUT2D eigenvalue weighted by Crippen LogP contribution is -2.27. The van der Waals surface area contributed by atoms with Gasteiger partial charge in [0, 0.05) is 54.5 Å². The van der Waals surface area contributed by atoms with E-state index in [1.165, 1.54) is 87.8 Å². The third kappa shape index (κ3) is 20.1. The number of rotatable bonds is 20. The van der Waals surface area contributed by atoms with Gasteiger partial charge in [0.25, 0.3) is 11.8 Å². The molecule has 0 bridgehead atoms. The number of amides is 2. The fourth-order valence-electron chi connectivity index (χ4n) is 7.43. The van der Waals surface area contributed by atoms with Gasteiger partial charge in [0.2, 0.25) is 6.19 Å². The summed E-state index contributed by atoms with van der Waals surface area (Å²) in [4.78, 5) is 58.4. The molecule has 7 N–H and O–H groups in total. The van der Waals surface area contributed by atoms with Gasteiger partial charge in [-0.2, -0.15) is 10.5 Å². The molecule has 27 heteroatoms. The second-order valence-electron chi connectivity index (χ2n) is 17.7. The number of halogens is 4. The Labute approximate surface area is 519 Å². The molecule has 0 saturated heterocycles. The minimum Gasteiger partial charge on any atom is -0.491 e. The number of anilines is 4. The van der Waals surface area contributed by atoms with Crippen molar-refractivity contribution < 1.29 is 42.1 Å². The van der Waals surface area contributed by atoms with Gasteiger partial charge in [0.15, 0.2) is 41.0 Å². The number of nitrogens with one attached hydrogen (secondary N) is 5. The van der Waals surface area contributed by atoms with Crippen LogP contribution in [0.2, 0.25) is 10.0 Å². The summed E-state index contributed by atoms with van der Waals surface area (Å²) >= 11 is 12.0. The molecular formula is C62H54Cl2F2N16O7. The first-order chi connectivity index (χ1) is 43.4. The van der Waals surface area contributed by atoms with Gasteiger partial charge >= 0.3 is 12.1 Å². The highest BCUT2D eigenvalue weighted by Crippen LogP contribution is 2.33. The van der Waals surface area contributed by atoms with Gasteiger partial charge in [-0.1, -0.05) is 82.8 Å². The first-order valence-electron chi connectivity index (χ1n) is 26.7. The Hall–Kier alpha value is -11.4. The number of amidine groups is 1. The highest BCUT2D eigenvalue weighted by molar-refractivity contribution is 6.31. The number of aromatic nitrogens is 6. The van der Waals surface area contributed by atoms with E-state index in [-0.39, 0.29) is 76.8 Å². The molecule has 9 rings (SSSR count). The fourth-order valence-corrected chi connectivity index (χ4v) is 7.77. The van der Waals surface area contributed by atoms with Crippen LogP contribution in [0.4, 0.5) is 31.8 Å². The second kappa shape index (κ2) is 34.5. The predicted molar refractivity (Wildman–Crippen MR) is 331 cm³/mol. The van der Waals surface area contributed by atoms with E-state index in [1.807, 2.05) is 42.5 Å². The zero-order chi connectivity index (χ0) is 63.2. The molecule has 0 fully saturated rings. The normalized spacial score (nSPS) is 10.4.